The van der Waals surface area contributed by atoms with E-state index >= 15 is 0 Å². The molecule has 0 fully saturated rings. The Morgan fingerprint density at radius 3 is 1.94 bits per heavy atom. The zero-order chi connectivity index (χ0) is 13.0. The van der Waals surface area contributed by atoms with Crippen molar-refractivity contribution in [3.8, 4) is 0 Å². The summed E-state index contributed by atoms with van der Waals surface area (Å²) in [5.41, 5.74) is 0. The zero-order valence-electron chi connectivity index (χ0n) is 9.43. The summed E-state index contributed by atoms with van der Waals surface area (Å²) in [4.78, 5) is 9.90. The van der Waals surface area contributed by atoms with Crippen LogP contribution in [-0.4, -0.2) is 22.5 Å². The first-order valence-corrected chi connectivity index (χ1v) is 8.28. The fourth-order valence-corrected chi connectivity index (χ4v) is 4.33. The fraction of sp³-hybridized carbons (Fsp3) is 0. The van der Waals surface area contributed by atoms with Crippen LogP contribution in [0.25, 0.3) is 0 Å². The van der Waals surface area contributed by atoms with E-state index in [9.17, 15) is 13.2 Å². The zero-order valence-corrected chi connectivity index (χ0v) is 11.4. The molecule has 0 aliphatic carbocycles. The number of hydrogen-bond acceptors (Lipinski definition) is 4. The van der Waals surface area contributed by atoms with Crippen molar-refractivity contribution in [2.75, 3.05) is 0 Å². The topological polar surface area (TPSA) is 63.6 Å². The van der Waals surface area contributed by atoms with E-state index in [0.29, 0.717) is 5.19 Å². The lowest BCUT2D eigenvalue weighted by atomic mass is 10.4. The third-order valence-electron chi connectivity index (χ3n) is 2.33. The molecule has 18 heavy (non-hydrogen) atoms. The van der Waals surface area contributed by atoms with Gasteiger partial charge in [-0.2, -0.15) is 8.42 Å². The lowest BCUT2D eigenvalue weighted by molar-refractivity contribution is 0.419. The third kappa shape index (κ3) is 3.05. The predicted octanol–water partition coefficient (Wildman–Crippen LogP) is 0.512. The monoisotopic (exact) mass is 280 g/mol. The quantitative estimate of drug-likeness (QED) is 0.829. The smallest absolute Gasteiger partial charge is 0.372 e. The van der Waals surface area contributed by atoms with Gasteiger partial charge in [-0.3, -0.25) is 3.87 Å². The standard InChI is InChI=1S/C12H12O4SSi/c13-17(14,11-7-3-1-4-8-11)16-18(15)12-9-5-2-6-10-12/h1-10,15,18H. The lowest BCUT2D eigenvalue weighted by Gasteiger charge is -2.10. The van der Waals surface area contributed by atoms with Crippen LogP contribution in [0, 0.1) is 0 Å². The predicted molar refractivity (Wildman–Crippen MR) is 70.2 cm³/mol. The van der Waals surface area contributed by atoms with Gasteiger partial charge in [-0.25, -0.2) is 0 Å². The molecule has 0 saturated heterocycles. The molecular formula is C12H12O4SSi. The van der Waals surface area contributed by atoms with Crippen LogP contribution in [0.2, 0.25) is 0 Å². The maximum Gasteiger partial charge on any atom is 0.372 e. The van der Waals surface area contributed by atoms with E-state index in [1.54, 1.807) is 48.5 Å². The SMILES string of the molecule is O=S(=O)(O[SiH](O)c1ccccc1)c1ccccc1. The molecule has 2 aromatic rings. The molecular weight excluding hydrogens is 268 g/mol. The summed E-state index contributed by atoms with van der Waals surface area (Å²) in [6.45, 7) is 0. The first kappa shape index (κ1) is 13.0. The molecule has 0 aromatic heterocycles. The Kier molecular flexibility index (Phi) is 3.92. The molecule has 1 unspecified atom stereocenters. The number of hydrogen-bond donors (Lipinski definition) is 1. The van der Waals surface area contributed by atoms with E-state index in [1.165, 1.54) is 12.1 Å². The van der Waals surface area contributed by atoms with Crippen molar-refractivity contribution >= 4 is 24.6 Å². The van der Waals surface area contributed by atoms with Crippen LogP contribution in [0.4, 0.5) is 0 Å². The van der Waals surface area contributed by atoms with Crippen LogP contribution in [-0.2, 0) is 14.0 Å². The highest BCUT2D eigenvalue weighted by atomic mass is 32.2. The molecule has 1 N–H and O–H groups in total. The second-order valence-corrected chi connectivity index (χ2v) is 7.15. The fourth-order valence-electron chi connectivity index (χ4n) is 1.44. The molecule has 2 rings (SSSR count). The van der Waals surface area contributed by atoms with Crippen LogP contribution in [0.15, 0.2) is 65.6 Å². The van der Waals surface area contributed by atoms with E-state index in [1.807, 2.05) is 0 Å². The third-order valence-corrected chi connectivity index (χ3v) is 5.88. The maximum atomic E-state index is 11.9. The van der Waals surface area contributed by atoms with Crippen molar-refractivity contribution < 1.29 is 17.1 Å². The summed E-state index contributed by atoms with van der Waals surface area (Å²) in [6, 6.07) is 16.3. The van der Waals surface area contributed by atoms with Crippen molar-refractivity contribution in [2.24, 2.45) is 0 Å². The van der Waals surface area contributed by atoms with Gasteiger partial charge in [-0.15, -0.1) is 0 Å². The second-order valence-electron chi connectivity index (χ2n) is 3.63. The molecule has 0 aliphatic heterocycles. The first-order chi connectivity index (χ1) is 8.59. The molecule has 0 amide bonds. The van der Waals surface area contributed by atoms with Crippen LogP contribution in [0.3, 0.4) is 0 Å². The van der Waals surface area contributed by atoms with Crippen molar-refractivity contribution in [3.63, 3.8) is 0 Å². The van der Waals surface area contributed by atoms with Gasteiger partial charge in [0.1, 0.15) is 0 Å². The molecule has 0 bridgehead atoms. The maximum absolute atomic E-state index is 11.9. The highest BCUT2D eigenvalue weighted by Gasteiger charge is 2.22. The Hall–Kier alpha value is -1.47. The minimum atomic E-state index is -3.90. The molecule has 0 aliphatic rings. The van der Waals surface area contributed by atoms with Gasteiger partial charge in [-0.05, 0) is 17.3 Å². The normalized spacial score (nSPS) is 13.2. The van der Waals surface area contributed by atoms with Gasteiger partial charge in [0.15, 0.2) is 0 Å². The summed E-state index contributed by atoms with van der Waals surface area (Å²) in [7, 11) is -6.84. The van der Waals surface area contributed by atoms with Gasteiger partial charge < -0.3 is 4.80 Å². The molecule has 6 heteroatoms. The minimum Gasteiger partial charge on any atom is -0.409 e. The molecule has 1 atom stereocenters. The highest BCUT2D eigenvalue weighted by molar-refractivity contribution is 7.87. The van der Waals surface area contributed by atoms with Gasteiger partial charge in [0, 0.05) is 0 Å². The van der Waals surface area contributed by atoms with Gasteiger partial charge in [0.2, 0.25) is 0 Å². The largest absolute Gasteiger partial charge is 0.409 e. The van der Waals surface area contributed by atoms with E-state index in [2.05, 4.69) is 0 Å². The summed E-state index contributed by atoms with van der Waals surface area (Å²) < 4.78 is 28.6. The first-order valence-electron chi connectivity index (χ1n) is 5.31. The average Bonchev–Trinajstić information content (AvgIpc) is 2.40. The highest BCUT2D eigenvalue weighted by Crippen LogP contribution is 2.11. The number of rotatable bonds is 4. The molecule has 0 spiro atoms. The van der Waals surface area contributed by atoms with E-state index < -0.39 is 19.4 Å². The summed E-state index contributed by atoms with van der Waals surface area (Å²) >= 11 is 0. The summed E-state index contributed by atoms with van der Waals surface area (Å²) in [5.74, 6) is 0. The molecule has 0 heterocycles. The average molecular weight is 280 g/mol. The van der Waals surface area contributed by atoms with Gasteiger partial charge >= 0.3 is 9.28 Å². The Bertz CT molecular complexity index is 598. The van der Waals surface area contributed by atoms with Crippen molar-refractivity contribution in [2.45, 2.75) is 4.90 Å². The molecule has 4 nitrogen and oxygen atoms in total. The minimum absolute atomic E-state index is 0.0486. The van der Waals surface area contributed by atoms with Gasteiger partial charge in [-0.1, -0.05) is 48.5 Å². The second kappa shape index (κ2) is 5.45. The van der Waals surface area contributed by atoms with Crippen molar-refractivity contribution in [1.29, 1.82) is 0 Å². The van der Waals surface area contributed by atoms with Gasteiger partial charge in [0.25, 0.3) is 10.1 Å². The van der Waals surface area contributed by atoms with E-state index in [-0.39, 0.29) is 4.90 Å². The Morgan fingerprint density at radius 1 is 0.889 bits per heavy atom. The van der Waals surface area contributed by atoms with Crippen LogP contribution in [0.1, 0.15) is 0 Å². The number of benzene rings is 2. The molecule has 0 saturated carbocycles. The Morgan fingerprint density at radius 2 is 1.39 bits per heavy atom. The van der Waals surface area contributed by atoms with Crippen LogP contribution >= 0.6 is 0 Å². The van der Waals surface area contributed by atoms with Crippen molar-refractivity contribution in [3.05, 3.63) is 60.7 Å². The molecule has 0 radical (unpaired) electrons. The Balaban J connectivity index is 2.20. The molecule has 94 valence electrons. The summed E-state index contributed by atoms with van der Waals surface area (Å²) in [5, 5.41) is 0.525. The lowest BCUT2D eigenvalue weighted by Crippen LogP contribution is -2.35. The van der Waals surface area contributed by atoms with Crippen molar-refractivity contribution in [1.82, 2.24) is 0 Å². The van der Waals surface area contributed by atoms with Gasteiger partial charge in [0.05, 0.1) is 4.90 Å². The Labute approximate surface area is 107 Å². The van der Waals surface area contributed by atoms with Crippen LogP contribution < -0.4 is 5.19 Å². The van der Waals surface area contributed by atoms with E-state index in [0.717, 1.165) is 0 Å². The van der Waals surface area contributed by atoms with E-state index in [4.69, 9.17) is 3.87 Å². The molecule has 2 aromatic carbocycles. The van der Waals surface area contributed by atoms with Crippen LogP contribution in [0.5, 0.6) is 0 Å². The summed E-state index contributed by atoms with van der Waals surface area (Å²) in [6.07, 6.45) is 0.